The first-order chi connectivity index (χ1) is 3.88. The first kappa shape index (κ1) is 6.09. The molecule has 48 valence electrons. The van der Waals surface area contributed by atoms with E-state index in [2.05, 4.69) is 6.92 Å². The molecule has 0 amide bonds. The summed E-state index contributed by atoms with van der Waals surface area (Å²) in [6, 6.07) is 0. The minimum Gasteiger partial charge on any atom is -0.330 e. The molecule has 1 aliphatic carbocycles. The summed E-state index contributed by atoms with van der Waals surface area (Å²) in [5.74, 6) is 1.85. The molecule has 0 aliphatic heterocycles. The van der Waals surface area contributed by atoms with Gasteiger partial charge >= 0.3 is 0 Å². The first-order valence-corrected chi connectivity index (χ1v) is 3.58. The Hall–Kier alpha value is -0.0400. The summed E-state index contributed by atoms with van der Waals surface area (Å²) < 4.78 is 0. The quantitative estimate of drug-likeness (QED) is 0.588. The number of rotatable bonds is 3. The van der Waals surface area contributed by atoms with Gasteiger partial charge in [-0.25, -0.2) is 0 Å². The Balaban J connectivity index is 2.15. The molecular formula is C7H15N. The van der Waals surface area contributed by atoms with E-state index in [1.54, 1.807) is 0 Å². The third kappa shape index (κ3) is 1.22. The molecule has 1 rings (SSSR count). The van der Waals surface area contributed by atoms with Crippen LogP contribution < -0.4 is 5.73 Å². The van der Waals surface area contributed by atoms with Gasteiger partial charge in [-0.15, -0.1) is 0 Å². The summed E-state index contributed by atoms with van der Waals surface area (Å²) in [5.41, 5.74) is 5.52. The second-order valence-electron chi connectivity index (χ2n) is 2.74. The van der Waals surface area contributed by atoms with Gasteiger partial charge in [0.1, 0.15) is 0 Å². The molecule has 0 aromatic rings. The lowest BCUT2D eigenvalue weighted by atomic mass is 10.0. The van der Waals surface area contributed by atoms with Gasteiger partial charge < -0.3 is 5.73 Å². The van der Waals surface area contributed by atoms with E-state index in [0.29, 0.717) is 0 Å². The molecule has 0 saturated heterocycles. The Morgan fingerprint density at radius 1 is 1.62 bits per heavy atom. The molecule has 1 aliphatic rings. The van der Waals surface area contributed by atoms with Crippen LogP contribution in [-0.2, 0) is 0 Å². The predicted octanol–water partition coefficient (Wildman–Crippen LogP) is 1.38. The minimum absolute atomic E-state index is 0.843. The van der Waals surface area contributed by atoms with Crippen LogP contribution in [0.4, 0.5) is 0 Å². The fraction of sp³-hybridized carbons (Fsp3) is 1.00. The highest BCUT2D eigenvalue weighted by Gasteiger charge is 2.28. The lowest BCUT2D eigenvalue weighted by molar-refractivity contribution is 0.459. The van der Waals surface area contributed by atoms with Crippen molar-refractivity contribution in [3.8, 4) is 0 Å². The predicted molar refractivity (Wildman–Crippen MR) is 35.6 cm³/mol. The highest BCUT2D eigenvalue weighted by Crippen LogP contribution is 2.37. The maximum atomic E-state index is 5.52. The maximum Gasteiger partial charge on any atom is -0.00463 e. The summed E-state index contributed by atoms with van der Waals surface area (Å²) in [6.07, 6.45) is 4.16. The van der Waals surface area contributed by atoms with E-state index < -0.39 is 0 Å². The molecule has 1 atom stereocenters. The van der Waals surface area contributed by atoms with Crippen LogP contribution in [0.3, 0.4) is 0 Å². The summed E-state index contributed by atoms with van der Waals surface area (Å²) in [5, 5.41) is 0. The fourth-order valence-corrected chi connectivity index (χ4v) is 1.26. The second-order valence-corrected chi connectivity index (χ2v) is 2.74. The van der Waals surface area contributed by atoms with Crippen molar-refractivity contribution in [2.45, 2.75) is 26.2 Å². The van der Waals surface area contributed by atoms with Crippen molar-refractivity contribution in [1.29, 1.82) is 0 Å². The molecule has 1 heteroatoms. The highest BCUT2D eigenvalue weighted by molar-refractivity contribution is 4.80. The van der Waals surface area contributed by atoms with Crippen molar-refractivity contribution in [3.63, 3.8) is 0 Å². The van der Waals surface area contributed by atoms with E-state index in [4.69, 9.17) is 5.73 Å². The zero-order chi connectivity index (χ0) is 5.98. The Morgan fingerprint density at radius 3 is 2.38 bits per heavy atom. The molecule has 0 aromatic carbocycles. The minimum atomic E-state index is 0.843. The third-order valence-electron chi connectivity index (χ3n) is 2.12. The van der Waals surface area contributed by atoms with E-state index in [9.17, 15) is 0 Å². The summed E-state index contributed by atoms with van der Waals surface area (Å²) in [4.78, 5) is 0. The number of hydrogen-bond donors (Lipinski definition) is 1. The van der Waals surface area contributed by atoms with Crippen molar-refractivity contribution in [2.75, 3.05) is 6.54 Å². The van der Waals surface area contributed by atoms with E-state index in [1.807, 2.05) is 0 Å². The first-order valence-electron chi connectivity index (χ1n) is 3.58. The maximum absolute atomic E-state index is 5.52. The Morgan fingerprint density at radius 2 is 2.25 bits per heavy atom. The summed E-state index contributed by atoms with van der Waals surface area (Å²) in [6.45, 7) is 3.14. The zero-order valence-electron chi connectivity index (χ0n) is 5.56. The number of hydrogen-bond acceptors (Lipinski definition) is 1. The largest absolute Gasteiger partial charge is 0.330 e. The van der Waals surface area contributed by atoms with Crippen LogP contribution in [0.15, 0.2) is 0 Å². The standard InChI is InChI=1S/C7H15N/c1-2-6(5-8)7-3-4-7/h6-7H,2-5,8H2,1H3. The third-order valence-corrected chi connectivity index (χ3v) is 2.12. The van der Waals surface area contributed by atoms with Gasteiger partial charge in [0.05, 0.1) is 0 Å². The van der Waals surface area contributed by atoms with Gasteiger partial charge in [0.15, 0.2) is 0 Å². The fourth-order valence-electron chi connectivity index (χ4n) is 1.26. The molecule has 1 saturated carbocycles. The lowest BCUT2D eigenvalue weighted by Crippen LogP contribution is -2.14. The number of nitrogens with two attached hydrogens (primary N) is 1. The SMILES string of the molecule is CCC(CN)C1CC1. The Bertz CT molecular complexity index is 62.8. The van der Waals surface area contributed by atoms with Crippen molar-refractivity contribution in [2.24, 2.45) is 17.6 Å². The molecule has 8 heavy (non-hydrogen) atoms. The van der Waals surface area contributed by atoms with Gasteiger partial charge in [0.25, 0.3) is 0 Å². The average Bonchev–Trinajstić information content (AvgIpc) is 2.53. The molecule has 1 unspecified atom stereocenters. The van der Waals surface area contributed by atoms with Crippen molar-refractivity contribution in [1.82, 2.24) is 0 Å². The van der Waals surface area contributed by atoms with E-state index >= 15 is 0 Å². The Kier molecular flexibility index (Phi) is 1.90. The van der Waals surface area contributed by atoms with Gasteiger partial charge in [-0.2, -0.15) is 0 Å². The molecule has 0 aromatic heterocycles. The van der Waals surface area contributed by atoms with E-state index in [1.165, 1.54) is 19.3 Å². The highest BCUT2D eigenvalue weighted by atomic mass is 14.6. The van der Waals surface area contributed by atoms with Crippen LogP contribution in [0, 0.1) is 11.8 Å². The van der Waals surface area contributed by atoms with Gasteiger partial charge in [-0.1, -0.05) is 13.3 Å². The van der Waals surface area contributed by atoms with Gasteiger partial charge in [0.2, 0.25) is 0 Å². The smallest absolute Gasteiger partial charge is 0.00463 e. The molecule has 0 heterocycles. The van der Waals surface area contributed by atoms with Crippen LogP contribution >= 0.6 is 0 Å². The molecule has 1 fully saturated rings. The van der Waals surface area contributed by atoms with Crippen molar-refractivity contribution >= 4 is 0 Å². The molecule has 2 N–H and O–H groups in total. The van der Waals surface area contributed by atoms with Gasteiger partial charge in [-0.05, 0) is 31.2 Å². The monoisotopic (exact) mass is 113 g/mol. The summed E-state index contributed by atoms with van der Waals surface area (Å²) >= 11 is 0. The Labute approximate surface area is 51.3 Å². The lowest BCUT2D eigenvalue weighted by Gasteiger charge is -2.07. The van der Waals surface area contributed by atoms with Gasteiger partial charge in [-0.3, -0.25) is 0 Å². The van der Waals surface area contributed by atoms with Crippen LogP contribution in [0.2, 0.25) is 0 Å². The van der Waals surface area contributed by atoms with Crippen LogP contribution in [0.1, 0.15) is 26.2 Å². The molecular weight excluding hydrogens is 98.1 g/mol. The average molecular weight is 113 g/mol. The van der Waals surface area contributed by atoms with Gasteiger partial charge in [0, 0.05) is 0 Å². The normalized spacial score (nSPS) is 23.2. The second kappa shape index (κ2) is 2.49. The topological polar surface area (TPSA) is 26.0 Å². The van der Waals surface area contributed by atoms with E-state index in [-0.39, 0.29) is 0 Å². The van der Waals surface area contributed by atoms with E-state index in [0.717, 1.165) is 18.4 Å². The summed E-state index contributed by atoms with van der Waals surface area (Å²) in [7, 11) is 0. The molecule has 0 spiro atoms. The van der Waals surface area contributed by atoms with Crippen molar-refractivity contribution < 1.29 is 0 Å². The van der Waals surface area contributed by atoms with Crippen LogP contribution in [0.5, 0.6) is 0 Å². The van der Waals surface area contributed by atoms with Crippen LogP contribution in [0.25, 0.3) is 0 Å². The zero-order valence-corrected chi connectivity index (χ0v) is 5.56. The van der Waals surface area contributed by atoms with Crippen molar-refractivity contribution in [3.05, 3.63) is 0 Å². The van der Waals surface area contributed by atoms with Crippen LogP contribution in [-0.4, -0.2) is 6.54 Å². The molecule has 0 radical (unpaired) electrons. The molecule has 0 bridgehead atoms. The molecule has 1 nitrogen and oxygen atoms in total.